The van der Waals surface area contributed by atoms with Gasteiger partial charge in [-0.25, -0.2) is 9.97 Å². The van der Waals surface area contributed by atoms with Crippen LogP contribution in [0.3, 0.4) is 0 Å². The fourth-order valence-corrected chi connectivity index (χ4v) is 1.73. The Morgan fingerprint density at radius 1 is 1.42 bits per heavy atom. The number of carbonyl (C=O) groups is 1. The van der Waals surface area contributed by atoms with Crippen molar-refractivity contribution in [2.45, 2.75) is 12.8 Å². The van der Waals surface area contributed by atoms with Gasteiger partial charge in [-0.3, -0.25) is 10.1 Å². The Balaban J connectivity index is 2.12. The number of anilines is 2. The van der Waals surface area contributed by atoms with Gasteiger partial charge in [-0.1, -0.05) is 23.7 Å². The molecule has 1 unspecified atom stereocenters. The number of amides is 1. The molecule has 1 heterocycles. The van der Waals surface area contributed by atoms with Gasteiger partial charge in [0.25, 0.3) is 0 Å². The minimum absolute atomic E-state index is 0.188. The molecule has 2 aromatic rings. The molecular weight excluding hydrogens is 264 g/mol. The minimum Gasteiger partial charge on any atom is -0.399 e. The fourth-order valence-electron chi connectivity index (χ4n) is 1.60. The monoisotopic (exact) mass is 276 g/mol. The lowest BCUT2D eigenvalue weighted by atomic mass is 10.00. The number of hydrogen-bond acceptors (Lipinski definition) is 4. The average molecular weight is 277 g/mol. The zero-order chi connectivity index (χ0) is 13.8. The topological polar surface area (TPSA) is 80.9 Å². The lowest BCUT2D eigenvalue weighted by Gasteiger charge is -2.12. The van der Waals surface area contributed by atoms with Gasteiger partial charge in [0.2, 0.25) is 11.9 Å². The first kappa shape index (κ1) is 13.3. The molecule has 98 valence electrons. The van der Waals surface area contributed by atoms with Crippen molar-refractivity contribution in [1.82, 2.24) is 9.97 Å². The van der Waals surface area contributed by atoms with Gasteiger partial charge in [0, 0.05) is 11.9 Å². The molecule has 0 aliphatic heterocycles. The highest BCUT2D eigenvalue weighted by Crippen LogP contribution is 2.19. The van der Waals surface area contributed by atoms with Crippen molar-refractivity contribution in [1.29, 1.82) is 0 Å². The molecule has 1 aromatic heterocycles. The highest BCUT2D eigenvalue weighted by Gasteiger charge is 2.16. The number of aromatic nitrogens is 2. The van der Waals surface area contributed by atoms with Crippen molar-refractivity contribution in [2.75, 3.05) is 11.1 Å². The van der Waals surface area contributed by atoms with Crippen LogP contribution in [0.1, 0.15) is 18.4 Å². The summed E-state index contributed by atoms with van der Waals surface area (Å²) in [6.45, 7) is 1.79. The van der Waals surface area contributed by atoms with Crippen LogP contribution in [0, 0.1) is 0 Å². The maximum absolute atomic E-state index is 12.1. The van der Waals surface area contributed by atoms with E-state index in [1.54, 1.807) is 25.1 Å². The predicted octanol–water partition coefficient (Wildman–Crippen LogP) is 2.45. The van der Waals surface area contributed by atoms with Crippen LogP contribution in [-0.4, -0.2) is 15.9 Å². The number of nitrogens with two attached hydrogens (primary N) is 1. The molecular formula is C13H13ClN4O. The Morgan fingerprint density at radius 3 is 2.89 bits per heavy atom. The van der Waals surface area contributed by atoms with Crippen molar-refractivity contribution in [2.24, 2.45) is 0 Å². The molecule has 0 radical (unpaired) electrons. The maximum atomic E-state index is 12.1. The summed E-state index contributed by atoms with van der Waals surface area (Å²) >= 11 is 5.73. The van der Waals surface area contributed by atoms with Gasteiger partial charge in [-0.05, 0) is 30.7 Å². The Kier molecular flexibility index (Phi) is 3.97. The second-order valence-electron chi connectivity index (χ2n) is 4.08. The fraction of sp³-hybridized carbons (Fsp3) is 0.154. The molecule has 1 amide bonds. The summed E-state index contributed by atoms with van der Waals surface area (Å²) in [5.74, 6) is -0.382. The summed E-state index contributed by atoms with van der Waals surface area (Å²) in [6.07, 6.45) is 1.48. The Morgan fingerprint density at radius 2 is 2.21 bits per heavy atom. The third-order valence-corrected chi connectivity index (χ3v) is 2.87. The van der Waals surface area contributed by atoms with E-state index < -0.39 is 0 Å². The van der Waals surface area contributed by atoms with Crippen molar-refractivity contribution >= 4 is 29.1 Å². The van der Waals surface area contributed by atoms with Crippen molar-refractivity contribution in [3.8, 4) is 0 Å². The van der Waals surface area contributed by atoms with Crippen LogP contribution in [0.2, 0.25) is 5.15 Å². The Labute approximate surface area is 115 Å². The minimum atomic E-state index is -0.355. The van der Waals surface area contributed by atoms with Gasteiger partial charge < -0.3 is 5.73 Å². The molecule has 0 saturated carbocycles. The molecule has 3 N–H and O–H groups in total. The van der Waals surface area contributed by atoms with E-state index in [2.05, 4.69) is 15.3 Å². The van der Waals surface area contributed by atoms with Crippen LogP contribution in [0.25, 0.3) is 0 Å². The lowest BCUT2D eigenvalue weighted by molar-refractivity contribution is -0.117. The smallest absolute Gasteiger partial charge is 0.233 e. The SMILES string of the molecule is CC(C(=O)Nc1nccc(Cl)n1)c1cccc(N)c1. The van der Waals surface area contributed by atoms with Crippen LogP contribution < -0.4 is 11.1 Å². The number of nitrogens with one attached hydrogen (secondary N) is 1. The molecule has 0 fully saturated rings. The third-order valence-electron chi connectivity index (χ3n) is 2.66. The molecule has 6 heteroatoms. The summed E-state index contributed by atoms with van der Waals surface area (Å²) in [7, 11) is 0. The quantitative estimate of drug-likeness (QED) is 0.666. The molecule has 1 atom stereocenters. The summed E-state index contributed by atoms with van der Waals surface area (Å²) in [5, 5.41) is 2.89. The van der Waals surface area contributed by atoms with E-state index in [1.165, 1.54) is 6.20 Å². The molecule has 0 aliphatic rings. The number of nitrogens with zero attached hydrogens (tertiary/aromatic N) is 2. The number of halogens is 1. The molecule has 0 saturated heterocycles. The van der Waals surface area contributed by atoms with Gasteiger partial charge in [0.1, 0.15) is 5.15 Å². The molecule has 0 bridgehead atoms. The van der Waals surface area contributed by atoms with Gasteiger partial charge in [-0.15, -0.1) is 0 Å². The first-order chi connectivity index (χ1) is 9.06. The number of benzene rings is 1. The lowest BCUT2D eigenvalue weighted by Crippen LogP contribution is -2.20. The van der Waals surface area contributed by atoms with Gasteiger partial charge in [0.15, 0.2) is 0 Å². The maximum Gasteiger partial charge on any atom is 0.233 e. The summed E-state index contributed by atoms with van der Waals surface area (Å²) < 4.78 is 0. The van der Waals surface area contributed by atoms with E-state index in [-0.39, 0.29) is 22.9 Å². The van der Waals surface area contributed by atoms with E-state index >= 15 is 0 Å². The number of rotatable bonds is 3. The summed E-state index contributed by atoms with van der Waals surface area (Å²) in [6, 6.07) is 8.74. The van der Waals surface area contributed by atoms with Crippen LogP contribution >= 0.6 is 11.6 Å². The molecule has 1 aromatic carbocycles. The Bertz CT molecular complexity index is 603. The number of carbonyl (C=O) groups excluding carboxylic acids is 1. The van der Waals surface area contributed by atoms with E-state index in [9.17, 15) is 4.79 Å². The molecule has 5 nitrogen and oxygen atoms in total. The molecule has 0 aliphatic carbocycles. The molecule has 2 rings (SSSR count). The first-order valence-corrected chi connectivity index (χ1v) is 6.09. The standard InChI is InChI=1S/C13H13ClN4O/c1-8(9-3-2-4-10(15)7-9)12(19)18-13-16-6-5-11(14)17-13/h2-8H,15H2,1H3,(H,16,17,18,19). The third kappa shape index (κ3) is 3.42. The van der Waals surface area contributed by atoms with Gasteiger partial charge >= 0.3 is 0 Å². The van der Waals surface area contributed by atoms with E-state index in [1.807, 2.05) is 12.1 Å². The van der Waals surface area contributed by atoms with Crippen molar-refractivity contribution < 1.29 is 4.79 Å². The van der Waals surface area contributed by atoms with Crippen LogP contribution in [0.5, 0.6) is 0 Å². The summed E-state index contributed by atoms with van der Waals surface area (Å²) in [4.78, 5) is 19.9. The predicted molar refractivity (Wildman–Crippen MR) is 74.9 cm³/mol. The molecule has 0 spiro atoms. The van der Waals surface area contributed by atoms with Gasteiger partial charge in [0.05, 0.1) is 5.92 Å². The summed E-state index contributed by atoms with van der Waals surface area (Å²) in [5.41, 5.74) is 7.15. The first-order valence-electron chi connectivity index (χ1n) is 5.71. The van der Waals surface area contributed by atoms with Gasteiger partial charge in [-0.2, -0.15) is 0 Å². The largest absolute Gasteiger partial charge is 0.399 e. The average Bonchev–Trinajstić information content (AvgIpc) is 2.38. The number of nitrogen functional groups attached to an aromatic ring is 1. The highest BCUT2D eigenvalue weighted by atomic mass is 35.5. The molecule has 19 heavy (non-hydrogen) atoms. The van der Waals surface area contributed by atoms with Crippen molar-refractivity contribution in [3.63, 3.8) is 0 Å². The number of hydrogen-bond donors (Lipinski definition) is 2. The Hall–Kier alpha value is -2.14. The van der Waals surface area contributed by atoms with Crippen molar-refractivity contribution in [3.05, 3.63) is 47.2 Å². The second-order valence-corrected chi connectivity index (χ2v) is 4.47. The normalized spacial score (nSPS) is 11.9. The highest BCUT2D eigenvalue weighted by molar-refractivity contribution is 6.29. The van der Waals surface area contributed by atoms with E-state index in [0.29, 0.717) is 5.69 Å². The van der Waals surface area contributed by atoms with Crippen LogP contribution in [0.4, 0.5) is 11.6 Å². The second kappa shape index (κ2) is 5.67. The van der Waals surface area contributed by atoms with E-state index in [4.69, 9.17) is 17.3 Å². The van der Waals surface area contributed by atoms with E-state index in [0.717, 1.165) is 5.56 Å². The van der Waals surface area contributed by atoms with Crippen LogP contribution in [-0.2, 0) is 4.79 Å². The zero-order valence-electron chi connectivity index (χ0n) is 10.3. The van der Waals surface area contributed by atoms with Crippen LogP contribution in [0.15, 0.2) is 36.5 Å². The zero-order valence-corrected chi connectivity index (χ0v) is 11.1.